The van der Waals surface area contributed by atoms with Crippen LogP contribution in [0.1, 0.15) is 10.4 Å². The molecule has 0 amide bonds. The number of nitro benzene ring substituents is 1. The van der Waals surface area contributed by atoms with Gasteiger partial charge >= 0.3 is 0 Å². The van der Waals surface area contributed by atoms with Gasteiger partial charge in [0.05, 0.1) is 16.4 Å². The molecule has 15 heavy (non-hydrogen) atoms. The number of carbonyl (C=O) groups is 1. The lowest BCUT2D eigenvalue weighted by molar-refractivity contribution is -0.385. The molecule has 0 aliphatic carbocycles. The number of hydrogen-bond acceptors (Lipinski definition) is 3. The highest BCUT2D eigenvalue weighted by molar-refractivity contribution is 9.10. The first-order chi connectivity index (χ1) is 6.99. The van der Waals surface area contributed by atoms with Crippen molar-refractivity contribution < 1.29 is 14.1 Å². The molecule has 1 aromatic rings. The molecular weight excluding hydrogens is 292 g/mol. The maximum Gasteiger partial charge on any atom is 0.286 e. The van der Waals surface area contributed by atoms with Gasteiger partial charge in [0, 0.05) is 6.07 Å². The second-order valence-electron chi connectivity index (χ2n) is 2.57. The molecule has 0 heterocycles. The van der Waals surface area contributed by atoms with E-state index in [0.29, 0.717) is 0 Å². The van der Waals surface area contributed by atoms with Gasteiger partial charge < -0.3 is 0 Å². The number of Topliss-reactive ketones (excluding diaryl/α,β-unsaturated/α-hetero) is 1. The molecule has 0 fully saturated rings. The van der Waals surface area contributed by atoms with Gasteiger partial charge in [-0.1, -0.05) is 0 Å². The van der Waals surface area contributed by atoms with Gasteiger partial charge in [-0.3, -0.25) is 14.9 Å². The highest BCUT2D eigenvalue weighted by Gasteiger charge is 2.21. The Morgan fingerprint density at radius 3 is 2.67 bits per heavy atom. The fraction of sp³-hybridized carbons (Fsp3) is 0.125. The maximum absolute atomic E-state index is 13.4. The van der Waals surface area contributed by atoms with Crippen LogP contribution in [-0.2, 0) is 0 Å². The van der Waals surface area contributed by atoms with Gasteiger partial charge in [0.15, 0.2) is 11.6 Å². The number of carbonyl (C=O) groups excluding carboxylic acids is 1. The summed E-state index contributed by atoms with van der Waals surface area (Å²) in [6.45, 7) is 0. The third-order valence-electron chi connectivity index (χ3n) is 1.68. The predicted molar refractivity (Wildman–Crippen MR) is 55.8 cm³/mol. The van der Waals surface area contributed by atoms with Gasteiger partial charge in [-0.25, -0.2) is 4.39 Å². The minimum Gasteiger partial charge on any atom is -0.293 e. The molecule has 1 rings (SSSR count). The zero-order valence-electron chi connectivity index (χ0n) is 7.17. The van der Waals surface area contributed by atoms with Crippen LogP contribution in [0.25, 0.3) is 0 Å². The zero-order chi connectivity index (χ0) is 11.6. The molecule has 0 aliphatic heterocycles. The third-order valence-corrected chi connectivity index (χ3v) is 2.68. The minimum atomic E-state index is -0.963. The Bertz CT molecular complexity index is 438. The van der Waals surface area contributed by atoms with E-state index < -0.39 is 22.2 Å². The van der Waals surface area contributed by atoms with Crippen molar-refractivity contribution in [1.29, 1.82) is 0 Å². The van der Waals surface area contributed by atoms with Crippen molar-refractivity contribution in [3.8, 4) is 0 Å². The average molecular weight is 296 g/mol. The van der Waals surface area contributed by atoms with Gasteiger partial charge in [-0.15, -0.1) is 11.6 Å². The summed E-state index contributed by atoms with van der Waals surface area (Å²) in [5, 5.41) is 10.4. The Morgan fingerprint density at radius 2 is 2.20 bits per heavy atom. The number of nitro groups is 1. The van der Waals surface area contributed by atoms with Crippen LogP contribution >= 0.6 is 27.5 Å². The fourth-order valence-corrected chi connectivity index (χ4v) is 1.60. The van der Waals surface area contributed by atoms with Crippen molar-refractivity contribution in [2.24, 2.45) is 0 Å². The van der Waals surface area contributed by atoms with Crippen LogP contribution in [-0.4, -0.2) is 16.6 Å². The van der Waals surface area contributed by atoms with E-state index in [-0.39, 0.29) is 15.9 Å². The Morgan fingerprint density at radius 1 is 1.60 bits per heavy atom. The normalized spacial score (nSPS) is 10.1. The lowest BCUT2D eigenvalue weighted by Crippen LogP contribution is -2.05. The molecule has 4 nitrogen and oxygen atoms in total. The monoisotopic (exact) mass is 295 g/mol. The first kappa shape index (κ1) is 12.1. The van der Waals surface area contributed by atoms with Crippen LogP contribution in [0.15, 0.2) is 16.6 Å². The minimum absolute atomic E-state index is 0.262. The molecule has 1 aromatic carbocycles. The van der Waals surface area contributed by atoms with Crippen molar-refractivity contribution in [2.75, 3.05) is 5.88 Å². The summed E-state index contributed by atoms with van der Waals surface area (Å²) in [7, 11) is 0. The van der Waals surface area contributed by atoms with E-state index in [9.17, 15) is 19.3 Å². The molecule has 0 spiro atoms. The molecule has 0 atom stereocenters. The first-order valence-corrected chi connectivity index (χ1v) is 5.03. The van der Waals surface area contributed by atoms with E-state index in [1.807, 2.05) is 0 Å². The molecule has 0 bridgehead atoms. The van der Waals surface area contributed by atoms with E-state index in [0.717, 1.165) is 12.1 Å². The van der Waals surface area contributed by atoms with E-state index in [1.165, 1.54) is 0 Å². The van der Waals surface area contributed by atoms with Crippen LogP contribution < -0.4 is 0 Å². The quantitative estimate of drug-likeness (QED) is 0.373. The fourth-order valence-electron chi connectivity index (χ4n) is 0.968. The molecule has 7 heteroatoms. The van der Waals surface area contributed by atoms with E-state index in [4.69, 9.17) is 11.6 Å². The second-order valence-corrected chi connectivity index (χ2v) is 3.63. The Kier molecular flexibility index (Phi) is 3.76. The summed E-state index contributed by atoms with van der Waals surface area (Å²) in [5.74, 6) is -1.96. The maximum atomic E-state index is 13.4. The van der Waals surface area contributed by atoms with Crippen molar-refractivity contribution >= 4 is 39.0 Å². The van der Waals surface area contributed by atoms with E-state index in [1.54, 1.807) is 0 Å². The number of rotatable bonds is 3. The van der Waals surface area contributed by atoms with Crippen LogP contribution in [0.2, 0.25) is 0 Å². The summed E-state index contributed by atoms with van der Waals surface area (Å²) in [6, 6.07) is 2.09. The molecule has 0 saturated heterocycles. The Hall–Kier alpha value is -1.01. The Balaban J connectivity index is 3.33. The van der Waals surface area contributed by atoms with Crippen LogP contribution in [0, 0.1) is 15.9 Å². The van der Waals surface area contributed by atoms with Crippen molar-refractivity contribution in [3.05, 3.63) is 38.1 Å². The van der Waals surface area contributed by atoms with Gasteiger partial charge in [-0.05, 0) is 22.0 Å². The van der Waals surface area contributed by atoms with E-state index >= 15 is 0 Å². The number of hydrogen-bond donors (Lipinski definition) is 0. The molecule has 0 N–H and O–H groups in total. The number of alkyl halides is 1. The smallest absolute Gasteiger partial charge is 0.286 e. The molecule has 0 radical (unpaired) electrons. The topological polar surface area (TPSA) is 60.2 Å². The predicted octanol–water partition coefficient (Wildman–Crippen LogP) is 2.92. The van der Waals surface area contributed by atoms with Gasteiger partial charge in [0.2, 0.25) is 0 Å². The number of benzene rings is 1. The number of nitrogens with zero attached hydrogens (tertiary/aromatic N) is 1. The Labute approximate surface area is 97.3 Å². The summed E-state index contributed by atoms with van der Waals surface area (Å²) < 4.78 is 13.1. The van der Waals surface area contributed by atoms with Crippen LogP contribution in [0.3, 0.4) is 0 Å². The summed E-state index contributed by atoms with van der Waals surface area (Å²) >= 11 is 7.96. The van der Waals surface area contributed by atoms with E-state index in [2.05, 4.69) is 15.9 Å². The van der Waals surface area contributed by atoms with Crippen molar-refractivity contribution in [1.82, 2.24) is 0 Å². The van der Waals surface area contributed by atoms with Crippen molar-refractivity contribution in [2.45, 2.75) is 0 Å². The zero-order valence-corrected chi connectivity index (χ0v) is 9.51. The average Bonchev–Trinajstić information content (AvgIpc) is 2.20. The summed E-state index contributed by atoms with van der Waals surface area (Å²) in [6.07, 6.45) is 0. The van der Waals surface area contributed by atoms with Crippen molar-refractivity contribution in [3.63, 3.8) is 0 Å². The van der Waals surface area contributed by atoms with Gasteiger partial charge in [0.25, 0.3) is 5.69 Å². The van der Waals surface area contributed by atoms with Gasteiger partial charge in [-0.2, -0.15) is 0 Å². The third kappa shape index (κ3) is 2.32. The first-order valence-electron chi connectivity index (χ1n) is 3.70. The highest BCUT2D eigenvalue weighted by Crippen LogP contribution is 2.29. The molecular formula is C8H4BrClFNO3. The summed E-state index contributed by atoms with van der Waals surface area (Å²) in [5.41, 5.74) is -0.693. The largest absolute Gasteiger partial charge is 0.293 e. The summed E-state index contributed by atoms with van der Waals surface area (Å²) in [4.78, 5) is 20.8. The number of ketones is 1. The standard InChI is InChI=1S/C8H4BrClFNO3/c9-7-5(12(14)15)2-1-4(8(7)11)6(13)3-10/h1-2H,3H2. The lowest BCUT2D eigenvalue weighted by Gasteiger charge is -2.02. The van der Waals surface area contributed by atoms with Crippen LogP contribution in [0.4, 0.5) is 10.1 Å². The molecule has 0 unspecified atom stereocenters. The lowest BCUT2D eigenvalue weighted by atomic mass is 10.1. The molecule has 0 aliphatic rings. The van der Waals surface area contributed by atoms with Gasteiger partial charge in [0.1, 0.15) is 4.47 Å². The second kappa shape index (κ2) is 4.67. The number of halogens is 3. The van der Waals surface area contributed by atoms with Crippen LogP contribution in [0.5, 0.6) is 0 Å². The highest BCUT2D eigenvalue weighted by atomic mass is 79.9. The SMILES string of the molecule is O=C(CCl)c1ccc([N+](=O)[O-])c(Br)c1F. The molecule has 80 valence electrons. The molecule has 0 aromatic heterocycles. The molecule has 0 saturated carbocycles.